The first-order chi connectivity index (χ1) is 16.8. The molecular formula is C33H29N. The maximum absolute atomic E-state index is 3.83. The van der Waals surface area contributed by atoms with Gasteiger partial charge in [0.15, 0.2) is 0 Å². The van der Waals surface area contributed by atoms with Crippen LogP contribution in [0.1, 0.15) is 31.9 Å². The average molecular weight is 440 g/mol. The molecule has 0 fully saturated rings. The maximum Gasteiger partial charge on any atom is 0.0542 e. The fourth-order valence-corrected chi connectivity index (χ4v) is 5.24. The summed E-state index contributed by atoms with van der Waals surface area (Å²) >= 11 is 0. The molecule has 0 unspecified atom stereocenters. The topological polar surface area (TPSA) is 15.8 Å². The lowest BCUT2D eigenvalue weighted by molar-refractivity contribution is 0.710. The molecule has 1 nitrogen and oxygen atoms in total. The molecule has 5 aromatic carbocycles. The predicted octanol–water partition coefficient (Wildman–Crippen LogP) is 9.54. The Kier molecular flexibility index (Phi) is 5.39. The van der Waals surface area contributed by atoms with E-state index in [2.05, 4.69) is 115 Å². The van der Waals surface area contributed by atoms with Crippen molar-refractivity contribution in [3.05, 3.63) is 109 Å². The maximum atomic E-state index is 3.83. The minimum atomic E-state index is 1.10. The number of hydrogen-bond acceptors (Lipinski definition) is 0. The number of hydrogen-bond donors (Lipinski definition) is 1. The molecule has 0 aliphatic heterocycles. The molecule has 0 saturated carbocycles. The Balaban J connectivity index is 1.62. The molecule has 1 heteroatoms. The van der Waals surface area contributed by atoms with Gasteiger partial charge in [-0.25, -0.2) is 0 Å². The average Bonchev–Trinajstić information content (AvgIpc) is 3.34. The van der Waals surface area contributed by atoms with Gasteiger partial charge >= 0.3 is 0 Å². The SMILES string of the molecule is CCCCCc1cc2c3cc(-c4ccccc4)ccc3c3ccc(-c4ccccc4)cc3c2[nH]1. The standard InChI is InChI=1S/C33H29N/c1-2-3-6-15-27-22-32-30-20-25(23-11-7-4-8-12-23)16-18-28(30)29-19-17-26(21-31(29)33(32)34-27)24-13-9-5-10-14-24/h4-5,7-14,16-22,34H,2-3,6,15H2,1H3. The monoisotopic (exact) mass is 439 g/mol. The van der Waals surface area contributed by atoms with Crippen molar-refractivity contribution in [2.75, 3.05) is 0 Å². The van der Waals surface area contributed by atoms with E-state index in [0.717, 1.165) is 6.42 Å². The number of benzene rings is 5. The number of aromatic amines is 1. The van der Waals surface area contributed by atoms with Crippen LogP contribution in [-0.2, 0) is 6.42 Å². The van der Waals surface area contributed by atoms with Crippen molar-refractivity contribution in [2.24, 2.45) is 0 Å². The highest BCUT2D eigenvalue weighted by molar-refractivity contribution is 6.25. The Morgan fingerprint density at radius 1 is 0.500 bits per heavy atom. The van der Waals surface area contributed by atoms with E-state index >= 15 is 0 Å². The zero-order valence-electron chi connectivity index (χ0n) is 19.6. The van der Waals surface area contributed by atoms with Crippen LogP contribution in [0, 0.1) is 0 Å². The Morgan fingerprint density at radius 2 is 1.06 bits per heavy atom. The highest BCUT2D eigenvalue weighted by atomic mass is 14.7. The quantitative estimate of drug-likeness (QED) is 0.196. The smallest absolute Gasteiger partial charge is 0.0542 e. The number of aromatic nitrogens is 1. The van der Waals surface area contributed by atoms with Crippen LogP contribution in [0.2, 0.25) is 0 Å². The summed E-state index contributed by atoms with van der Waals surface area (Å²) in [6.07, 6.45) is 4.84. The molecule has 1 heterocycles. The summed E-state index contributed by atoms with van der Waals surface area (Å²) in [4.78, 5) is 3.83. The van der Waals surface area contributed by atoms with Gasteiger partial charge in [0.05, 0.1) is 5.52 Å². The third-order valence-electron chi connectivity index (χ3n) is 7.03. The van der Waals surface area contributed by atoms with Gasteiger partial charge in [0.25, 0.3) is 0 Å². The van der Waals surface area contributed by atoms with Gasteiger partial charge in [-0.2, -0.15) is 0 Å². The van der Waals surface area contributed by atoms with Gasteiger partial charge in [-0.3, -0.25) is 0 Å². The van der Waals surface area contributed by atoms with Crippen molar-refractivity contribution < 1.29 is 0 Å². The molecule has 0 saturated heterocycles. The lowest BCUT2D eigenvalue weighted by Gasteiger charge is -2.11. The fraction of sp³-hybridized carbons (Fsp3) is 0.152. The Bertz CT molecular complexity index is 1470. The fourth-order valence-electron chi connectivity index (χ4n) is 5.24. The lowest BCUT2D eigenvalue weighted by Crippen LogP contribution is -1.86. The molecule has 0 aliphatic carbocycles. The second kappa shape index (κ2) is 8.83. The highest BCUT2D eigenvalue weighted by Crippen LogP contribution is 2.39. The summed E-state index contributed by atoms with van der Waals surface area (Å²) in [7, 11) is 0. The van der Waals surface area contributed by atoms with Gasteiger partial charge < -0.3 is 4.98 Å². The van der Waals surface area contributed by atoms with Crippen LogP contribution in [0.5, 0.6) is 0 Å². The number of aryl methyl sites for hydroxylation is 1. The Morgan fingerprint density at radius 3 is 1.68 bits per heavy atom. The van der Waals surface area contributed by atoms with Gasteiger partial charge in [-0.1, -0.05) is 105 Å². The molecule has 6 rings (SSSR count). The zero-order chi connectivity index (χ0) is 22.9. The first kappa shape index (κ1) is 20.7. The Labute approximate surface area is 201 Å². The van der Waals surface area contributed by atoms with Crippen LogP contribution in [0.25, 0.3) is 54.7 Å². The highest BCUT2D eigenvalue weighted by Gasteiger charge is 2.14. The molecule has 0 radical (unpaired) electrons. The zero-order valence-corrected chi connectivity index (χ0v) is 19.6. The molecule has 1 aromatic heterocycles. The van der Waals surface area contributed by atoms with Crippen molar-refractivity contribution >= 4 is 32.4 Å². The van der Waals surface area contributed by atoms with Crippen molar-refractivity contribution in [2.45, 2.75) is 32.6 Å². The van der Waals surface area contributed by atoms with E-state index in [-0.39, 0.29) is 0 Å². The number of unbranched alkanes of at least 4 members (excludes halogenated alkanes) is 2. The van der Waals surface area contributed by atoms with Crippen LogP contribution in [-0.4, -0.2) is 4.98 Å². The summed E-state index contributed by atoms with van der Waals surface area (Å²) in [6, 6.07) is 37.7. The largest absolute Gasteiger partial charge is 0.358 e. The molecule has 0 bridgehead atoms. The van der Waals surface area contributed by atoms with Crippen LogP contribution >= 0.6 is 0 Å². The third kappa shape index (κ3) is 3.68. The van der Waals surface area contributed by atoms with Crippen LogP contribution < -0.4 is 0 Å². The van der Waals surface area contributed by atoms with Crippen LogP contribution in [0.3, 0.4) is 0 Å². The minimum absolute atomic E-state index is 1.10. The molecule has 0 aliphatic rings. The number of fused-ring (bicyclic) bond motifs is 6. The summed E-state index contributed by atoms with van der Waals surface area (Å²) in [5, 5.41) is 6.59. The molecule has 0 spiro atoms. The van der Waals surface area contributed by atoms with Crippen LogP contribution in [0.4, 0.5) is 0 Å². The third-order valence-corrected chi connectivity index (χ3v) is 7.03. The minimum Gasteiger partial charge on any atom is -0.358 e. The van der Waals surface area contributed by atoms with Gasteiger partial charge in [-0.05, 0) is 69.5 Å². The number of rotatable bonds is 6. The van der Waals surface area contributed by atoms with E-state index < -0.39 is 0 Å². The summed E-state index contributed by atoms with van der Waals surface area (Å²) in [5.41, 5.74) is 7.65. The lowest BCUT2D eigenvalue weighted by atomic mass is 9.93. The van der Waals surface area contributed by atoms with Crippen LogP contribution in [0.15, 0.2) is 103 Å². The summed E-state index contributed by atoms with van der Waals surface area (Å²) in [5.74, 6) is 0. The van der Waals surface area contributed by atoms with E-state index in [9.17, 15) is 0 Å². The van der Waals surface area contributed by atoms with Crippen molar-refractivity contribution in [3.8, 4) is 22.3 Å². The van der Waals surface area contributed by atoms with E-state index in [1.165, 1.54) is 79.7 Å². The molecule has 0 atom stereocenters. The number of H-pyrrole nitrogens is 1. The first-order valence-electron chi connectivity index (χ1n) is 12.4. The molecule has 34 heavy (non-hydrogen) atoms. The van der Waals surface area contributed by atoms with E-state index in [1.807, 2.05) is 0 Å². The molecule has 6 aromatic rings. The van der Waals surface area contributed by atoms with Gasteiger partial charge in [0.1, 0.15) is 0 Å². The summed E-state index contributed by atoms with van der Waals surface area (Å²) in [6.45, 7) is 2.27. The van der Waals surface area contributed by atoms with Crippen molar-refractivity contribution in [1.29, 1.82) is 0 Å². The van der Waals surface area contributed by atoms with Gasteiger partial charge in [-0.15, -0.1) is 0 Å². The second-order valence-corrected chi connectivity index (χ2v) is 9.29. The molecular weight excluding hydrogens is 410 g/mol. The molecule has 166 valence electrons. The first-order valence-corrected chi connectivity index (χ1v) is 12.4. The predicted molar refractivity (Wildman–Crippen MR) is 147 cm³/mol. The van der Waals surface area contributed by atoms with E-state index in [1.54, 1.807) is 0 Å². The van der Waals surface area contributed by atoms with Crippen molar-refractivity contribution in [1.82, 2.24) is 4.98 Å². The second-order valence-electron chi connectivity index (χ2n) is 9.29. The van der Waals surface area contributed by atoms with Crippen molar-refractivity contribution in [3.63, 3.8) is 0 Å². The molecule has 0 amide bonds. The molecule has 1 N–H and O–H groups in total. The van der Waals surface area contributed by atoms with Gasteiger partial charge in [0.2, 0.25) is 0 Å². The van der Waals surface area contributed by atoms with Gasteiger partial charge in [0, 0.05) is 16.5 Å². The summed E-state index contributed by atoms with van der Waals surface area (Å²) < 4.78 is 0. The Hall–Kier alpha value is -3.84. The number of nitrogens with one attached hydrogen (secondary N) is 1. The van der Waals surface area contributed by atoms with E-state index in [4.69, 9.17) is 0 Å². The normalized spacial score (nSPS) is 11.6. The van der Waals surface area contributed by atoms with E-state index in [0.29, 0.717) is 0 Å².